The van der Waals surface area contributed by atoms with Crippen LogP contribution in [-0.4, -0.2) is 29.1 Å². The van der Waals surface area contributed by atoms with Crippen molar-refractivity contribution in [1.29, 1.82) is 0 Å². The van der Waals surface area contributed by atoms with Crippen molar-refractivity contribution in [3.05, 3.63) is 0 Å². The molecule has 1 saturated carbocycles. The van der Waals surface area contributed by atoms with E-state index in [-0.39, 0.29) is 12.2 Å². The largest absolute Gasteiger partial charge is 0.323 e. The SMILES string of the molecule is CCC1NC(CC(C)C)N(C2CC(C)CC(C)C2)C1=O. The second-order valence-corrected chi connectivity index (χ2v) is 7.59. The van der Waals surface area contributed by atoms with Gasteiger partial charge in [0.15, 0.2) is 0 Å². The third kappa shape index (κ3) is 3.36. The number of rotatable bonds is 4. The van der Waals surface area contributed by atoms with Crippen molar-refractivity contribution in [3.8, 4) is 0 Å². The van der Waals surface area contributed by atoms with Crippen molar-refractivity contribution < 1.29 is 4.79 Å². The number of nitrogens with zero attached hydrogens (tertiary/aromatic N) is 1. The molecule has 1 aliphatic carbocycles. The van der Waals surface area contributed by atoms with Gasteiger partial charge in [-0.25, -0.2) is 0 Å². The van der Waals surface area contributed by atoms with E-state index in [0.29, 0.717) is 17.9 Å². The van der Waals surface area contributed by atoms with Crippen LogP contribution < -0.4 is 5.32 Å². The lowest BCUT2D eigenvalue weighted by atomic mass is 9.79. The molecule has 2 fully saturated rings. The van der Waals surface area contributed by atoms with Gasteiger partial charge in [-0.2, -0.15) is 0 Å². The van der Waals surface area contributed by atoms with Crippen LogP contribution in [0.15, 0.2) is 0 Å². The normalized spacial score (nSPS) is 38.8. The van der Waals surface area contributed by atoms with Gasteiger partial charge in [0.1, 0.15) is 0 Å². The second-order valence-electron chi connectivity index (χ2n) is 7.59. The topological polar surface area (TPSA) is 32.3 Å². The minimum absolute atomic E-state index is 0.0475. The van der Waals surface area contributed by atoms with E-state index in [0.717, 1.165) is 24.7 Å². The molecule has 0 spiro atoms. The van der Waals surface area contributed by atoms with Crippen LogP contribution in [0.1, 0.15) is 66.7 Å². The standard InChI is InChI=1S/C17H32N2O/c1-6-15-17(20)19(16(18-15)7-11(2)3)14-9-12(4)8-13(5)10-14/h11-16,18H,6-10H2,1-5H3. The fraction of sp³-hybridized carbons (Fsp3) is 0.941. The Kier molecular flexibility index (Phi) is 5.11. The van der Waals surface area contributed by atoms with Gasteiger partial charge in [0.05, 0.1) is 12.2 Å². The summed E-state index contributed by atoms with van der Waals surface area (Å²) in [6.07, 6.45) is 5.92. The Bertz CT molecular complexity index is 332. The number of nitrogens with one attached hydrogen (secondary N) is 1. The molecule has 116 valence electrons. The predicted molar refractivity (Wildman–Crippen MR) is 83.3 cm³/mol. The molecule has 0 radical (unpaired) electrons. The average molecular weight is 280 g/mol. The molecule has 2 rings (SSSR count). The van der Waals surface area contributed by atoms with Gasteiger partial charge >= 0.3 is 0 Å². The predicted octanol–water partition coefficient (Wildman–Crippen LogP) is 3.39. The Morgan fingerprint density at radius 3 is 2.30 bits per heavy atom. The summed E-state index contributed by atoms with van der Waals surface area (Å²) in [7, 11) is 0. The summed E-state index contributed by atoms with van der Waals surface area (Å²) >= 11 is 0. The molecule has 3 nitrogen and oxygen atoms in total. The summed E-state index contributed by atoms with van der Waals surface area (Å²) in [6, 6.07) is 0.500. The highest BCUT2D eigenvalue weighted by atomic mass is 16.2. The van der Waals surface area contributed by atoms with Crippen molar-refractivity contribution in [2.45, 2.75) is 85.0 Å². The molecule has 4 atom stereocenters. The lowest BCUT2D eigenvalue weighted by molar-refractivity contribution is -0.133. The quantitative estimate of drug-likeness (QED) is 0.856. The Balaban J connectivity index is 2.14. The van der Waals surface area contributed by atoms with E-state index in [4.69, 9.17) is 0 Å². The van der Waals surface area contributed by atoms with Crippen LogP contribution in [0.25, 0.3) is 0 Å². The molecular formula is C17H32N2O. The molecule has 1 amide bonds. The monoisotopic (exact) mass is 280 g/mol. The highest BCUT2D eigenvalue weighted by Gasteiger charge is 2.43. The summed E-state index contributed by atoms with van der Waals surface area (Å²) in [5, 5.41) is 3.58. The van der Waals surface area contributed by atoms with E-state index in [1.54, 1.807) is 0 Å². The van der Waals surface area contributed by atoms with Crippen molar-refractivity contribution in [2.24, 2.45) is 17.8 Å². The molecule has 1 N–H and O–H groups in total. The Morgan fingerprint density at radius 1 is 1.20 bits per heavy atom. The second kappa shape index (κ2) is 6.46. The van der Waals surface area contributed by atoms with Crippen molar-refractivity contribution in [1.82, 2.24) is 10.2 Å². The van der Waals surface area contributed by atoms with E-state index in [1.165, 1.54) is 19.3 Å². The molecule has 20 heavy (non-hydrogen) atoms. The lowest BCUT2D eigenvalue weighted by Crippen LogP contribution is -2.48. The zero-order valence-electron chi connectivity index (χ0n) is 13.9. The first kappa shape index (κ1) is 15.8. The summed E-state index contributed by atoms with van der Waals surface area (Å²) in [4.78, 5) is 14.9. The molecule has 0 aromatic rings. The third-order valence-electron chi connectivity index (χ3n) is 4.93. The van der Waals surface area contributed by atoms with Crippen LogP contribution in [-0.2, 0) is 4.79 Å². The van der Waals surface area contributed by atoms with Gasteiger partial charge in [0.2, 0.25) is 5.91 Å². The van der Waals surface area contributed by atoms with Crippen molar-refractivity contribution in [2.75, 3.05) is 0 Å². The minimum Gasteiger partial charge on any atom is -0.323 e. The zero-order valence-corrected chi connectivity index (χ0v) is 13.9. The number of carbonyl (C=O) groups excluding carboxylic acids is 1. The maximum absolute atomic E-state index is 12.7. The smallest absolute Gasteiger partial charge is 0.241 e. The zero-order chi connectivity index (χ0) is 14.9. The molecule has 2 aliphatic rings. The molecule has 1 saturated heterocycles. The maximum Gasteiger partial charge on any atom is 0.241 e. The lowest BCUT2D eigenvalue weighted by Gasteiger charge is -2.40. The van der Waals surface area contributed by atoms with Crippen LogP contribution in [0.2, 0.25) is 0 Å². The first-order valence-electron chi connectivity index (χ1n) is 8.50. The Morgan fingerprint density at radius 2 is 1.80 bits per heavy atom. The first-order valence-corrected chi connectivity index (χ1v) is 8.50. The Labute approximate surface area is 124 Å². The van der Waals surface area contributed by atoms with Gasteiger partial charge in [-0.1, -0.05) is 34.6 Å². The summed E-state index contributed by atoms with van der Waals surface area (Å²) < 4.78 is 0. The van der Waals surface area contributed by atoms with Crippen molar-refractivity contribution in [3.63, 3.8) is 0 Å². The van der Waals surface area contributed by atoms with Gasteiger partial charge in [-0.05, 0) is 49.9 Å². The number of hydrogen-bond acceptors (Lipinski definition) is 2. The summed E-state index contributed by atoms with van der Waals surface area (Å²) in [5.74, 6) is 2.47. The van der Waals surface area contributed by atoms with E-state index in [9.17, 15) is 4.79 Å². The molecule has 1 heterocycles. The fourth-order valence-corrected chi connectivity index (χ4v) is 4.20. The summed E-state index contributed by atoms with van der Waals surface area (Å²) in [6.45, 7) is 11.3. The molecule has 3 heteroatoms. The minimum atomic E-state index is 0.0475. The molecule has 0 bridgehead atoms. The fourth-order valence-electron chi connectivity index (χ4n) is 4.20. The third-order valence-corrected chi connectivity index (χ3v) is 4.93. The number of amides is 1. The van der Waals surface area contributed by atoms with Gasteiger partial charge in [0, 0.05) is 6.04 Å². The van der Waals surface area contributed by atoms with Crippen LogP contribution in [0.3, 0.4) is 0 Å². The summed E-state index contributed by atoms with van der Waals surface area (Å²) in [5.41, 5.74) is 0. The molecular weight excluding hydrogens is 248 g/mol. The van der Waals surface area contributed by atoms with E-state index in [1.807, 2.05) is 0 Å². The van der Waals surface area contributed by atoms with Gasteiger partial charge in [-0.3, -0.25) is 10.1 Å². The molecule has 1 aliphatic heterocycles. The van der Waals surface area contributed by atoms with Crippen LogP contribution in [0.5, 0.6) is 0 Å². The maximum atomic E-state index is 12.7. The molecule has 0 aromatic heterocycles. The van der Waals surface area contributed by atoms with Gasteiger partial charge in [-0.15, -0.1) is 0 Å². The van der Waals surface area contributed by atoms with Crippen molar-refractivity contribution >= 4 is 5.91 Å². The molecule has 4 unspecified atom stereocenters. The van der Waals surface area contributed by atoms with Crippen LogP contribution in [0, 0.1) is 17.8 Å². The van der Waals surface area contributed by atoms with E-state index < -0.39 is 0 Å². The van der Waals surface area contributed by atoms with E-state index >= 15 is 0 Å². The average Bonchev–Trinajstić information content (AvgIpc) is 2.63. The van der Waals surface area contributed by atoms with Gasteiger partial charge in [0.25, 0.3) is 0 Å². The van der Waals surface area contributed by atoms with Gasteiger partial charge < -0.3 is 4.90 Å². The van der Waals surface area contributed by atoms with Crippen LogP contribution >= 0.6 is 0 Å². The molecule has 0 aromatic carbocycles. The van der Waals surface area contributed by atoms with Crippen LogP contribution in [0.4, 0.5) is 0 Å². The highest BCUT2D eigenvalue weighted by molar-refractivity contribution is 5.84. The Hall–Kier alpha value is -0.570. The number of carbonyl (C=O) groups is 1. The highest BCUT2D eigenvalue weighted by Crippen LogP contribution is 2.35. The van der Waals surface area contributed by atoms with E-state index in [2.05, 4.69) is 44.8 Å². The number of hydrogen-bond donors (Lipinski definition) is 1. The first-order chi connectivity index (χ1) is 9.42.